The zero-order valence-corrected chi connectivity index (χ0v) is 13.7. The highest BCUT2D eigenvalue weighted by molar-refractivity contribution is 5.82. The van der Waals surface area contributed by atoms with E-state index < -0.39 is 0 Å². The Hall–Kier alpha value is -1.67. The number of nitrogens with zero attached hydrogens (tertiary/aromatic N) is 1. The summed E-state index contributed by atoms with van der Waals surface area (Å²) in [5, 5.41) is 0. The Balaban J connectivity index is 3.44. The maximum Gasteiger partial charge on any atom is 0.136 e. The lowest BCUT2D eigenvalue weighted by atomic mass is 9.69. The van der Waals surface area contributed by atoms with Crippen LogP contribution in [-0.2, 0) is 4.79 Å². The van der Waals surface area contributed by atoms with E-state index in [1.165, 1.54) is 0 Å². The van der Waals surface area contributed by atoms with Crippen LogP contribution in [-0.4, -0.2) is 28.3 Å². The van der Waals surface area contributed by atoms with E-state index in [2.05, 4.69) is 37.8 Å². The Morgan fingerprint density at radius 2 is 1.14 bits per heavy atom. The third-order valence-electron chi connectivity index (χ3n) is 4.61. The number of carbonyl (C=O) groups is 1. The molecule has 0 aromatic rings. The van der Waals surface area contributed by atoms with Crippen LogP contribution in [0.5, 0.6) is 0 Å². The van der Waals surface area contributed by atoms with E-state index in [1.54, 1.807) is 0 Å². The van der Waals surface area contributed by atoms with Gasteiger partial charge in [-0.3, -0.25) is 9.69 Å². The van der Waals surface area contributed by atoms with Crippen molar-refractivity contribution in [3.63, 3.8) is 0 Å². The summed E-state index contributed by atoms with van der Waals surface area (Å²) in [6, 6.07) is 0. The van der Waals surface area contributed by atoms with E-state index in [9.17, 15) is 4.79 Å². The molecular weight excluding hydrogens is 270 g/mol. The van der Waals surface area contributed by atoms with Gasteiger partial charge >= 0.3 is 0 Å². The first kappa shape index (κ1) is 18.4. The summed E-state index contributed by atoms with van der Waals surface area (Å²) in [6.45, 7) is 20.3. The second-order valence-electron chi connectivity index (χ2n) is 6.21. The van der Waals surface area contributed by atoms with Crippen LogP contribution < -0.4 is 0 Å². The molecule has 0 aromatic carbocycles. The molecular formula is C20H29NO. The smallest absolute Gasteiger partial charge is 0.136 e. The molecule has 0 amide bonds. The Morgan fingerprint density at radius 1 is 0.773 bits per heavy atom. The largest absolute Gasteiger partial charge is 0.300 e. The summed E-state index contributed by atoms with van der Waals surface area (Å²) in [6.07, 6.45) is 13.7. The Morgan fingerprint density at radius 3 is 1.41 bits per heavy atom. The molecule has 1 heterocycles. The molecule has 2 heteroatoms. The molecule has 0 N–H and O–H groups in total. The Kier molecular flexibility index (Phi) is 6.76. The van der Waals surface area contributed by atoms with Gasteiger partial charge in [0.15, 0.2) is 0 Å². The van der Waals surface area contributed by atoms with Gasteiger partial charge < -0.3 is 0 Å². The number of hydrogen-bond acceptors (Lipinski definition) is 2. The van der Waals surface area contributed by atoms with E-state index in [-0.39, 0.29) is 11.1 Å². The van der Waals surface area contributed by atoms with E-state index in [0.29, 0.717) is 18.6 Å². The zero-order chi connectivity index (χ0) is 16.6. The molecule has 1 aliphatic heterocycles. The summed E-state index contributed by atoms with van der Waals surface area (Å²) < 4.78 is 0. The van der Waals surface area contributed by atoms with Crippen LogP contribution in [0, 0.1) is 0 Å². The summed E-state index contributed by atoms with van der Waals surface area (Å²) in [5.41, 5.74) is -0.530. The SMILES string of the molecule is C=CCN1C(CC=C)(CC=C)CC(=O)CC1(CC=C)CC=C. The quantitative estimate of drug-likeness (QED) is 0.549. The molecule has 120 valence electrons. The van der Waals surface area contributed by atoms with Gasteiger partial charge in [-0.15, -0.1) is 32.9 Å². The predicted octanol–water partition coefficient (Wildman–Crippen LogP) is 4.62. The predicted molar refractivity (Wildman–Crippen MR) is 95.9 cm³/mol. The molecule has 22 heavy (non-hydrogen) atoms. The highest BCUT2D eigenvalue weighted by atomic mass is 16.1. The van der Waals surface area contributed by atoms with Crippen molar-refractivity contribution in [3.05, 3.63) is 63.3 Å². The van der Waals surface area contributed by atoms with E-state index in [1.807, 2.05) is 30.4 Å². The number of ketones is 1. The molecule has 0 aromatic heterocycles. The number of rotatable bonds is 10. The van der Waals surface area contributed by atoms with Crippen LogP contribution in [0.15, 0.2) is 63.3 Å². The van der Waals surface area contributed by atoms with Gasteiger partial charge in [-0.1, -0.05) is 30.4 Å². The molecule has 0 bridgehead atoms. The van der Waals surface area contributed by atoms with Crippen molar-refractivity contribution >= 4 is 5.78 Å². The first-order chi connectivity index (χ1) is 10.5. The summed E-state index contributed by atoms with van der Waals surface area (Å²) in [7, 11) is 0. The average Bonchev–Trinajstić information content (AvgIpc) is 2.44. The van der Waals surface area contributed by atoms with Crippen molar-refractivity contribution in [2.24, 2.45) is 0 Å². The van der Waals surface area contributed by atoms with Crippen LogP contribution in [0.4, 0.5) is 0 Å². The topological polar surface area (TPSA) is 20.3 Å². The molecule has 0 radical (unpaired) electrons. The summed E-state index contributed by atoms with van der Waals surface area (Å²) >= 11 is 0. The third-order valence-corrected chi connectivity index (χ3v) is 4.61. The highest BCUT2D eigenvalue weighted by Gasteiger charge is 2.51. The normalized spacial score (nSPS) is 20.1. The second-order valence-corrected chi connectivity index (χ2v) is 6.21. The molecule has 0 saturated carbocycles. The minimum Gasteiger partial charge on any atom is -0.300 e. The number of Topliss-reactive ketones (excluding diaryl/α,β-unsaturated/α-hetero) is 1. The molecule has 0 spiro atoms. The van der Waals surface area contributed by atoms with Crippen LogP contribution in [0.2, 0.25) is 0 Å². The number of piperidine rings is 1. The summed E-state index contributed by atoms with van der Waals surface area (Å²) in [4.78, 5) is 15.0. The first-order valence-corrected chi connectivity index (χ1v) is 7.88. The fourth-order valence-electron chi connectivity index (χ4n) is 3.98. The van der Waals surface area contributed by atoms with Crippen molar-refractivity contribution in [2.45, 2.75) is 49.6 Å². The Bertz CT molecular complexity index is 404. The van der Waals surface area contributed by atoms with Gasteiger partial charge in [-0.2, -0.15) is 0 Å². The van der Waals surface area contributed by atoms with Crippen molar-refractivity contribution in [1.29, 1.82) is 0 Å². The van der Waals surface area contributed by atoms with Gasteiger partial charge in [0.05, 0.1) is 0 Å². The van der Waals surface area contributed by atoms with Crippen molar-refractivity contribution < 1.29 is 4.79 Å². The van der Waals surface area contributed by atoms with Crippen molar-refractivity contribution in [2.75, 3.05) is 6.54 Å². The minimum absolute atomic E-state index is 0.265. The van der Waals surface area contributed by atoms with Gasteiger partial charge in [0.1, 0.15) is 5.78 Å². The van der Waals surface area contributed by atoms with Crippen molar-refractivity contribution in [3.8, 4) is 0 Å². The monoisotopic (exact) mass is 299 g/mol. The third kappa shape index (κ3) is 3.56. The lowest BCUT2D eigenvalue weighted by molar-refractivity contribution is -0.137. The van der Waals surface area contributed by atoms with E-state index >= 15 is 0 Å². The van der Waals surface area contributed by atoms with E-state index in [0.717, 1.165) is 32.2 Å². The van der Waals surface area contributed by atoms with Gasteiger partial charge in [0, 0.05) is 30.5 Å². The maximum atomic E-state index is 12.6. The van der Waals surface area contributed by atoms with Gasteiger partial charge in [0.2, 0.25) is 0 Å². The molecule has 1 saturated heterocycles. The van der Waals surface area contributed by atoms with Crippen molar-refractivity contribution in [1.82, 2.24) is 4.90 Å². The molecule has 1 fully saturated rings. The highest BCUT2D eigenvalue weighted by Crippen LogP contribution is 2.45. The lowest BCUT2D eigenvalue weighted by Crippen LogP contribution is -2.65. The Labute approximate surface area is 135 Å². The molecule has 2 nitrogen and oxygen atoms in total. The summed E-state index contributed by atoms with van der Waals surface area (Å²) in [5.74, 6) is 0.299. The fourth-order valence-corrected chi connectivity index (χ4v) is 3.98. The fraction of sp³-hybridized carbons (Fsp3) is 0.450. The molecule has 1 rings (SSSR count). The van der Waals surface area contributed by atoms with Gasteiger partial charge in [0.25, 0.3) is 0 Å². The average molecular weight is 299 g/mol. The molecule has 0 unspecified atom stereocenters. The number of hydrogen-bond donors (Lipinski definition) is 0. The number of likely N-dealkylation sites (tertiary alicyclic amines) is 1. The van der Waals surface area contributed by atoms with Crippen LogP contribution in [0.3, 0.4) is 0 Å². The first-order valence-electron chi connectivity index (χ1n) is 7.88. The minimum atomic E-state index is -0.265. The maximum absolute atomic E-state index is 12.6. The standard InChI is InChI=1S/C20H29NO/c1-6-11-19(12-7-2)16-18(22)17-20(13-8-3,14-9-4)21(19)15-10-5/h6-10H,1-5,11-17H2. The van der Waals surface area contributed by atoms with Crippen LogP contribution in [0.1, 0.15) is 38.5 Å². The van der Waals surface area contributed by atoms with Crippen LogP contribution >= 0.6 is 0 Å². The second kappa shape index (κ2) is 8.09. The zero-order valence-electron chi connectivity index (χ0n) is 13.7. The van der Waals surface area contributed by atoms with Gasteiger partial charge in [-0.05, 0) is 25.7 Å². The number of carbonyl (C=O) groups excluding carboxylic acids is 1. The van der Waals surface area contributed by atoms with E-state index in [4.69, 9.17) is 0 Å². The van der Waals surface area contributed by atoms with Gasteiger partial charge in [-0.25, -0.2) is 0 Å². The molecule has 1 aliphatic rings. The molecule has 0 aliphatic carbocycles. The molecule has 0 atom stereocenters. The van der Waals surface area contributed by atoms with Crippen LogP contribution in [0.25, 0.3) is 0 Å². The lowest BCUT2D eigenvalue weighted by Gasteiger charge is -2.57.